The molecule has 2 N–H and O–H groups in total. The van der Waals surface area contributed by atoms with Crippen molar-refractivity contribution in [1.29, 1.82) is 0 Å². The van der Waals surface area contributed by atoms with Gasteiger partial charge in [-0.3, -0.25) is 14.6 Å². The first-order chi connectivity index (χ1) is 14.2. The first-order valence-corrected chi connectivity index (χ1v) is 10.9. The van der Waals surface area contributed by atoms with Crippen molar-refractivity contribution in [3.05, 3.63) is 75.7 Å². The summed E-state index contributed by atoms with van der Waals surface area (Å²) in [4.78, 5) is 8.52. The molecule has 8 heteroatoms. The number of nitrogens with one attached hydrogen (secondary N) is 2. The maximum absolute atomic E-state index is 4.40. The van der Waals surface area contributed by atoms with Gasteiger partial charge in [-0.05, 0) is 35.1 Å². The number of nitrogens with zero attached hydrogens (tertiary/aromatic N) is 4. The fourth-order valence-corrected chi connectivity index (χ4v) is 4.72. The highest BCUT2D eigenvalue weighted by atomic mass is 127. The number of benzene rings is 1. The SMILES string of the molecule is CN=C(NCc1ccnn1C)NCC(c1ccccc1)N1CCc2sccc2C1.I. The fourth-order valence-electron chi connectivity index (χ4n) is 3.83. The molecular formula is C22H29IN6S. The third-order valence-corrected chi connectivity index (χ3v) is 6.53. The van der Waals surface area contributed by atoms with E-state index in [-0.39, 0.29) is 24.0 Å². The number of hydrogen-bond donors (Lipinski definition) is 2. The van der Waals surface area contributed by atoms with Crippen molar-refractivity contribution in [2.45, 2.75) is 25.6 Å². The van der Waals surface area contributed by atoms with Gasteiger partial charge < -0.3 is 10.6 Å². The summed E-state index contributed by atoms with van der Waals surface area (Å²) in [5, 5.41) is 13.4. The standard InChI is InChI=1S/C22H28N6S.HI/c1-23-22(24-14-19-8-11-26-27(19)2)25-15-20(17-6-4-3-5-7-17)28-12-9-21-18(16-28)10-13-29-21;/h3-8,10-11,13,20H,9,12,14-16H2,1-2H3,(H2,23,24,25);1H. The summed E-state index contributed by atoms with van der Waals surface area (Å²) in [6.45, 7) is 3.57. The molecule has 1 aliphatic rings. The van der Waals surface area contributed by atoms with Gasteiger partial charge in [0.25, 0.3) is 0 Å². The summed E-state index contributed by atoms with van der Waals surface area (Å²) in [6, 6.07) is 15.3. The van der Waals surface area contributed by atoms with Crippen LogP contribution < -0.4 is 10.6 Å². The molecule has 0 amide bonds. The summed E-state index contributed by atoms with van der Waals surface area (Å²) in [6.07, 6.45) is 2.94. The Morgan fingerprint density at radius 3 is 2.77 bits per heavy atom. The molecule has 6 nitrogen and oxygen atoms in total. The highest BCUT2D eigenvalue weighted by Crippen LogP contribution is 2.30. The van der Waals surface area contributed by atoms with Gasteiger partial charge in [0.2, 0.25) is 0 Å². The Labute approximate surface area is 199 Å². The summed E-state index contributed by atoms with van der Waals surface area (Å²) < 4.78 is 1.87. The van der Waals surface area contributed by atoms with Gasteiger partial charge in [0.05, 0.1) is 18.3 Å². The third-order valence-electron chi connectivity index (χ3n) is 5.51. The summed E-state index contributed by atoms with van der Waals surface area (Å²) in [5.41, 5.74) is 3.93. The van der Waals surface area contributed by atoms with Crippen LogP contribution in [0.4, 0.5) is 0 Å². The van der Waals surface area contributed by atoms with Crippen LogP contribution in [0.3, 0.4) is 0 Å². The van der Waals surface area contributed by atoms with E-state index < -0.39 is 0 Å². The van der Waals surface area contributed by atoms with Gasteiger partial charge in [0.15, 0.2) is 5.96 Å². The Kier molecular flexibility index (Phi) is 8.29. The minimum atomic E-state index is 0. The quantitative estimate of drug-likeness (QED) is 0.288. The van der Waals surface area contributed by atoms with Crippen molar-refractivity contribution in [2.75, 3.05) is 20.1 Å². The van der Waals surface area contributed by atoms with Crippen LogP contribution >= 0.6 is 35.3 Å². The molecule has 0 fully saturated rings. The Morgan fingerprint density at radius 1 is 1.20 bits per heavy atom. The van der Waals surface area contributed by atoms with E-state index in [1.54, 1.807) is 0 Å². The molecule has 1 unspecified atom stereocenters. The molecule has 0 radical (unpaired) electrons. The maximum atomic E-state index is 4.40. The average Bonchev–Trinajstić information content (AvgIpc) is 3.39. The van der Waals surface area contributed by atoms with Crippen LogP contribution in [-0.4, -0.2) is 40.8 Å². The summed E-state index contributed by atoms with van der Waals surface area (Å²) in [5.74, 6) is 0.806. The molecule has 0 aliphatic carbocycles. The molecule has 2 aromatic heterocycles. The van der Waals surface area contributed by atoms with Crippen molar-refractivity contribution in [1.82, 2.24) is 25.3 Å². The van der Waals surface area contributed by atoms with Crippen molar-refractivity contribution >= 4 is 41.3 Å². The molecular weight excluding hydrogens is 507 g/mol. The molecule has 0 bridgehead atoms. The smallest absolute Gasteiger partial charge is 0.191 e. The molecule has 4 rings (SSSR count). The fraction of sp³-hybridized carbons (Fsp3) is 0.364. The number of thiophene rings is 1. The molecule has 1 aromatic carbocycles. The van der Waals surface area contributed by atoms with Crippen LogP contribution in [0.1, 0.15) is 27.7 Å². The zero-order chi connectivity index (χ0) is 20.1. The van der Waals surface area contributed by atoms with E-state index in [9.17, 15) is 0 Å². The molecule has 1 atom stereocenters. The Bertz CT molecular complexity index is 951. The second kappa shape index (κ2) is 10.9. The Balaban J connectivity index is 0.00000256. The van der Waals surface area contributed by atoms with Crippen LogP contribution in [0.2, 0.25) is 0 Å². The van der Waals surface area contributed by atoms with Gasteiger partial charge in [-0.2, -0.15) is 5.10 Å². The second-order valence-electron chi connectivity index (χ2n) is 7.27. The largest absolute Gasteiger partial charge is 0.354 e. The normalized spacial score (nSPS) is 15.2. The first kappa shape index (κ1) is 22.8. The lowest BCUT2D eigenvalue weighted by Crippen LogP contribution is -2.44. The number of aromatic nitrogens is 2. The van der Waals surface area contributed by atoms with Crippen molar-refractivity contribution < 1.29 is 0 Å². The van der Waals surface area contributed by atoms with Gasteiger partial charge in [-0.15, -0.1) is 35.3 Å². The number of rotatable bonds is 6. The van der Waals surface area contributed by atoms with E-state index in [0.717, 1.165) is 37.7 Å². The zero-order valence-corrected chi connectivity index (χ0v) is 20.6. The molecule has 1 aliphatic heterocycles. The lowest BCUT2D eigenvalue weighted by atomic mass is 10.0. The second-order valence-corrected chi connectivity index (χ2v) is 8.27. The Hall–Kier alpha value is -1.91. The molecule has 3 aromatic rings. The minimum Gasteiger partial charge on any atom is -0.354 e. The summed E-state index contributed by atoms with van der Waals surface area (Å²) >= 11 is 1.88. The first-order valence-electron chi connectivity index (χ1n) is 10.00. The Morgan fingerprint density at radius 2 is 2.03 bits per heavy atom. The van der Waals surface area contributed by atoms with E-state index in [1.807, 2.05) is 42.4 Å². The predicted octanol–water partition coefficient (Wildman–Crippen LogP) is 3.56. The van der Waals surface area contributed by atoms with E-state index >= 15 is 0 Å². The number of fused-ring (bicyclic) bond motifs is 1. The predicted molar refractivity (Wildman–Crippen MR) is 134 cm³/mol. The average molecular weight is 536 g/mol. The van der Waals surface area contributed by atoms with E-state index in [1.165, 1.54) is 16.0 Å². The lowest BCUT2D eigenvalue weighted by Gasteiger charge is -2.35. The van der Waals surface area contributed by atoms with Crippen LogP contribution in [0.25, 0.3) is 0 Å². The van der Waals surface area contributed by atoms with Crippen molar-refractivity contribution in [3.8, 4) is 0 Å². The topological polar surface area (TPSA) is 57.5 Å². The molecule has 3 heterocycles. The number of aliphatic imine (C=N–C) groups is 1. The van der Waals surface area contributed by atoms with Crippen LogP contribution in [0, 0.1) is 0 Å². The zero-order valence-electron chi connectivity index (χ0n) is 17.4. The maximum Gasteiger partial charge on any atom is 0.191 e. The van der Waals surface area contributed by atoms with Gasteiger partial charge in [-0.25, -0.2) is 0 Å². The molecule has 160 valence electrons. The van der Waals surface area contributed by atoms with Gasteiger partial charge in [0, 0.05) is 44.8 Å². The van der Waals surface area contributed by atoms with Crippen LogP contribution in [-0.2, 0) is 26.6 Å². The highest BCUT2D eigenvalue weighted by molar-refractivity contribution is 14.0. The third kappa shape index (κ3) is 5.41. The van der Waals surface area contributed by atoms with Gasteiger partial charge >= 0.3 is 0 Å². The van der Waals surface area contributed by atoms with Gasteiger partial charge in [-0.1, -0.05) is 30.3 Å². The molecule has 30 heavy (non-hydrogen) atoms. The lowest BCUT2D eigenvalue weighted by molar-refractivity contribution is 0.181. The monoisotopic (exact) mass is 536 g/mol. The molecule has 0 saturated carbocycles. The van der Waals surface area contributed by atoms with Crippen molar-refractivity contribution in [3.63, 3.8) is 0 Å². The molecule has 0 saturated heterocycles. The number of hydrogen-bond acceptors (Lipinski definition) is 4. The van der Waals surface area contributed by atoms with E-state index in [0.29, 0.717) is 12.6 Å². The number of guanidine groups is 1. The highest BCUT2D eigenvalue weighted by Gasteiger charge is 2.25. The minimum absolute atomic E-state index is 0. The van der Waals surface area contributed by atoms with Crippen LogP contribution in [0.15, 0.2) is 59.0 Å². The van der Waals surface area contributed by atoms with E-state index in [2.05, 4.69) is 67.4 Å². The van der Waals surface area contributed by atoms with Crippen LogP contribution in [0.5, 0.6) is 0 Å². The van der Waals surface area contributed by atoms with Crippen molar-refractivity contribution in [2.24, 2.45) is 12.0 Å². The van der Waals surface area contributed by atoms with E-state index in [4.69, 9.17) is 0 Å². The molecule has 0 spiro atoms. The van der Waals surface area contributed by atoms with Gasteiger partial charge in [0.1, 0.15) is 0 Å². The summed E-state index contributed by atoms with van der Waals surface area (Å²) in [7, 11) is 3.77. The number of aryl methyl sites for hydroxylation is 1. The number of halogens is 1.